The van der Waals surface area contributed by atoms with Crippen LogP contribution in [0.4, 0.5) is 0 Å². The normalized spacial score (nSPS) is 16.6. The predicted octanol–water partition coefficient (Wildman–Crippen LogP) is 1.52. The van der Waals surface area contributed by atoms with Crippen LogP contribution in [0.2, 0.25) is 0 Å². The Morgan fingerprint density at radius 1 is 1.23 bits per heavy atom. The number of hydrogen-bond donors (Lipinski definition) is 1. The number of nitrogens with one attached hydrogen (secondary N) is 1. The zero-order valence-corrected chi connectivity index (χ0v) is 13.7. The molecule has 1 fully saturated rings. The van der Waals surface area contributed by atoms with E-state index < -0.39 is 6.04 Å². The number of carbonyl (C=O) groups excluding carboxylic acids is 2. The first-order chi connectivity index (χ1) is 10.5. The minimum absolute atomic E-state index is 0.0164. The van der Waals surface area contributed by atoms with Crippen molar-refractivity contribution < 1.29 is 9.59 Å². The van der Waals surface area contributed by atoms with Gasteiger partial charge in [0.2, 0.25) is 11.8 Å². The van der Waals surface area contributed by atoms with Gasteiger partial charge in [-0.3, -0.25) is 9.59 Å². The van der Waals surface area contributed by atoms with Gasteiger partial charge in [0.15, 0.2) is 0 Å². The molecule has 0 spiro atoms. The van der Waals surface area contributed by atoms with E-state index in [4.69, 9.17) is 0 Å². The van der Waals surface area contributed by atoms with Crippen molar-refractivity contribution in [1.29, 1.82) is 0 Å². The standard InChI is InChI=1S/C16H26N4O2/c1-12(2)15-17-7-10-20(15)11-14(21)18-13(3)16(22)19-8-5-4-6-9-19/h7,10,12-13H,4-6,8-9,11H2,1-3H3,(H,18,21). The molecule has 1 aromatic rings. The first-order valence-electron chi connectivity index (χ1n) is 8.08. The summed E-state index contributed by atoms with van der Waals surface area (Å²) < 4.78 is 1.83. The monoisotopic (exact) mass is 306 g/mol. The molecule has 122 valence electrons. The summed E-state index contributed by atoms with van der Waals surface area (Å²) >= 11 is 0. The topological polar surface area (TPSA) is 67.2 Å². The highest BCUT2D eigenvalue weighted by Crippen LogP contribution is 2.12. The van der Waals surface area contributed by atoms with Crippen LogP contribution in [0, 0.1) is 0 Å². The van der Waals surface area contributed by atoms with Gasteiger partial charge in [-0.05, 0) is 26.2 Å². The molecular formula is C16H26N4O2. The molecule has 0 radical (unpaired) electrons. The molecule has 2 heterocycles. The highest BCUT2D eigenvalue weighted by molar-refractivity contribution is 5.87. The van der Waals surface area contributed by atoms with Crippen LogP contribution in [0.5, 0.6) is 0 Å². The van der Waals surface area contributed by atoms with Crippen LogP contribution in [0.3, 0.4) is 0 Å². The second-order valence-corrected chi connectivity index (χ2v) is 6.24. The van der Waals surface area contributed by atoms with Crippen LogP contribution < -0.4 is 5.32 Å². The summed E-state index contributed by atoms with van der Waals surface area (Å²) in [6.07, 6.45) is 6.79. The van der Waals surface area contributed by atoms with Crippen molar-refractivity contribution in [3.8, 4) is 0 Å². The molecule has 1 N–H and O–H groups in total. The zero-order chi connectivity index (χ0) is 16.1. The van der Waals surface area contributed by atoms with Gasteiger partial charge in [-0.25, -0.2) is 4.98 Å². The molecule has 1 atom stereocenters. The zero-order valence-electron chi connectivity index (χ0n) is 13.7. The summed E-state index contributed by atoms with van der Waals surface area (Å²) in [5.41, 5.74) is 0. The number of amides is 2. The first kappa shape index (κ1) is 16.5. The molecule has 1 aliphatic rings. The Labute approximate surface area is 131 Å². The molecule has 1 unspecified atom stereocenters. The SMILES string of the molecule is CC(NC(=O)Cn1ccnc1C(C)C)C(=O)N1CCCCC1. The van der Waals surface area contributed by atoms with Crippen molar-refractivity contribution in [2.75, 3.05) is 13.1 Å². The Kier molecular flexibility index (Phi) is 5.57. The highest BCUT2D eigenvalue weighted by Gasteiger charge is 2.23. The fourth-order valence-electron chi connectivity index (χ4n) is 2.85. The fourth-order valence-corrected chi connectivity index (χ4v) is 2.85. The number of aromatic nitrogens is 2. The Morgan fingerprint density at radius 3 is 2.55 bits per heavy atom. The molecule has 1 aliphatic heterocycles. The Bertz CT molecular complexity index is 518. The van der Waals surface area contributed by atoms with Gasteiger partial charge in [-0.1, -0.05) is 13.8 Å². The third-order valence-electron chi connectivity index (χ3n) is 3.99. The van der Waals surface area contributed by atoms with Crippen molar-refractivity contribution in [2.45, 2.75) is 58.5 Å². The average molecular weight is 306 g/mol. The predicted molar refractivity (Wildman–Crippen MR) is 84.4 cm³/mol. The maximum absolute atomic E-state index is 12.3. The Morgan fingerprint density at radius 2 is 1.91 bits per heavy atom. The van der Waals surface area contributed by atoms with Crippen LogP contribution in [0.1, 0.15) is 51.8 Å². The molecule has 2 rings (SSSR count). The largest absolute Gasteiger partial charge is 0.343 e. The summed E-state index contributed by atoms with van der Waals surface area (Å²) in [7, 11) is 0. The van der Waals surface area contributed by atoms with Crippen LogP contribution in [-0.2, 0) is 16.1 Å². The Balaban J connectivity index is 1.88. The van der Waals surface area contributed by atoms with Gasteiger partial charge < -0.3 is 14.8 Å². The van der Waals surface area contributed by atoms with Crippen LogP contribution in [-0.4, -0.2) is 45.4 Å². The lowest BCUT2D eigenvalue weighted by Gasteiger charge is -2.29. The summed E-state index contributed by atoms with van der Waals surface area (Å²) in [5.74, 6) is 1.00. The number of carbonyl (C=O) groups is 2. The number of imidazole rings is 1. The van der Waals surface area contributed by atoms with E-state index in [0.717, 1.165) is 31.8 Å². The Hall–Kier alpha value is -1.85. The van der Waals surface area contributed by atoms with Crippen molar-refractivity contribution in [3.63, 3.8) is 0 Å². The van der Waals surface area contributed by atoms with Gasteiger partial charge in [-0.2, -0.15) is 0 Å². The average Bonchev–Trinajstić information content (AvgIpc) is 2.95. The number of nitrogens with zero attached hydrogens (tertiary/aromatic N) is 3. The third kappa shape index (κ3) is 4.08. The fraction of sp³-hybridized carbons (Fsp3) is 0.688. The molecule has 1 aromatic heterocycles. The van der Waals surface area contributed by atoms with Gasteiger partial charge in [0.05, 0.1) is 0 Å². The minimum Gasteiger partial charge on any atom is -0.343 e. The molecule has 22 heavy (non-hydrogen) atoms. The van der Waals surface area contributed by atoms with Crippen molar-refractivity contribution in [1.82, 2.24) is 19.8 Å². The van der Waals surface area contributed by atoms with E-state index in [0.29, 0.717) is 0 Å². The molecule has 1 saturated heterocycles. The van der Waals surface area contributed by atoms with E-state index in [1.807, 2.05) is 23.3 Å². The van der Waals surface area contributed by atoms with E-state index in [1.165, 1.54) is 6.42 Å². The lowest BCUT2D eigenvalue weighted by Crippen LogP contribution is -2.49. The second kappa shape index (κ2) is 7.42. The van der Waals surface area contributed by atoms with Crippen LogP contribution in [0.25, 0.3) is 0 Å². The molecule has 0 bridgehead atoms. The van der Waals surface area contributed by atoms with Crippen molar-refractivity contribution >= 4 is 11.8 Å². The van der Waals surface area contributed by atoms with Gasteiger partial charge in [-0.15, -0.1) is 0 Å². The van der Waals surface area contributed by atoms with Gasteiger partial charge >= 0.3 is 0 Å². The first-order valence-corrected chi connectivity index (χ1v) is 8.08. The molecule has 0 aliphatic carbocycles. The maximum Gasteiger partial charge on any atom is 0.244 e. The summed E-state index contributed by atoms with van der Waals surface area (Å²) in [6.45, 7) is 7.64. The summed E-state index contributed by atoms with van der Waals surface area (Å²) in [6, 6.07) is -0.475. The number of hydrogen-bond acceptors (Lipinski definition) is 3. The van der Waals surface area contributed by atoms with Gasteiger partial charge in [0.1, 0.15) is 18.4 Å². The van der Waals surface area contributed by atoms with E-state index in [2.05, 4.69) is 10.3 Å². The van der Waals surface area contributed by atoms with E-state index in [1.54, 1.807) is 19.3 Å². The van der Waals surface area contributed by atoms with Gasteiger partial charge in [0.25, 0.3) is 0 Å². The number of piperidine rings is 1. The summed E-state index contributed by atoms with van der Waals surface area (Å²) in [5, 5.41) is 2.80. The van der Waals surface area contributed by atoms with E-state index >= 15 is 0 Å². The minimum atomic E-state index is -0.475. The molecule has 0 saturated carbocycles. The van der Waals surface area contributed by atoms with E-state index in [9.17, 15) is 9.59 Å². The van der Waals surface area contributed by atoms with Crippen LogP contribution in [0.15, 0.2) is 12.4 Å². The quantitative estimate of drug-likeness (QED) is 0.897. The lowest BCUT2D eigenvalue weighted by molar-refractivity contribution is -0.136. The smallest absolute Gasteiger partial charge is 0.244 e. The molecule has 6 heteroatoms. The van der Waals surface area contributed by atoms with Crippen LogP contribution >= 0.6 is 0 Å². The molecule has 0 aromatic carbocycles. The second-order valence-electron chi connectivity index (χ2n) is 6.24. The molecule has 6 nitrogen and oxygen atoms in total. The molecule has 2 amide bonds. The van der Waals surface area contributed by atoms with Crippen molar-refractivity contribution in [3.05, 3.63) is 18.2 Å². The highest BCUT2D eigenvalue weighted by atomic mass is 16.2. The third-order valence-corrected chi connectivity index (χ3v) is 3.99. The maximum atomic E-state index is 12.3. The number of rotatable bonds is 5. The lowest BCUT2D eigenvalue weighted by atomic mass is 10.1. The van der Waals surface area contributed by atoms with E-state index in [-0.39, 0.29) is 24.3 Å². The number of likely N-dealkylation sites (tertiary alicyclic amines) is 1. The summed E-state index contributed by atoms with van der Waals surface area (Å²) in [4.78, 5) is 30.6. The van der Waals surface area contributed by atoms with Crippen molar-refractivity contribution in [2.24, 2.45) is 0 Å². The molecular weight excluding hydrogens is 280 g/mol. The van der Waals surface area contributed by atoms with Gasteiger partial charge in [0, 0.05) is 31.4 Å².